The van der Waals surface area contributed by atoms with Crippen LogP contribution in [0.5, 0.6) is 11.5 Å². The molecule has 0 aliphatic carbocycles. The van der Waals surface area contributed by atoms with Gasteiger partial charge in [-0.3, -0.25) is 14.9 Å². The van der Waals surface area contributed by atoms with Gasteiger partial charge in [0, 0.05) is 6.07 Å². The predicted octanol–water partition coefficient (Wildman–Crippen LogP) is 3.88. The zero-order valence-electron chi connectivity index (χ0n) is 12.1. The van der Waals surface area contributed by atoms with Crippen molar-refractivity contribution in [2.75, 3.05) is 0 Å². The lowest BCUT2D eigenvalue weighted by molar-refractivity contribution is -0.385. The van der Waals surface area contributed by atoms with Crippen molar-refractivity contribution in [1.29, 1.82) is 0 Å². The Morgan fingerprint density at radius 2 is 1.88 bits per heavy atom. The number of thioether (sulfide) groups is 1. The van der Waals surface area contributed by atoms with Crippen LogP contribution >= 0.6 is 24.0 Å². The minimum Gasteiger partial charge on any atom is -0.450 e. The van der Waals surface area contributed by atoms with Crippen LogP contribution < -0.4 is 10.1 Å². The van der Waals surface area contributed by atoms with Crippen LogP contribution in [0.1, 0.15) is 5.56 Å². The van der Waals surface area contributed by atoms with Gasteiger partial charge in [-0.05, 0) is 29.8 Å². The van der Waals surface area contributed by atoms with Crippen molar-refractivity contribution in [3.63, 3.8) is 0 Å². The molecule has 0 atom stereocenters. The third kappa shape index (κ3) is 3.61. The van der Waals surface area contributed by atoms with Crippen LogP contribution in [0, 0.1) is 10.1 Å². The number of nitro benzene ring substituents is 1. The van der Waals surface area contributed by atoms with Gasteiger partial charge in [-0.25, -0.2) is 0 Å². The third-order valence-electron chi connectivity index (χ3n) is 3.11. The van der Waals surface area contributed by atoms with E-state index in [0.29, 0.717) is 15.0 Å². The molecule has 1 amide bonds. The minimum absolute atomic E-state index is 0.101. The average Bonchev–Trinajstić information content (AvgIpc) is 2.87. The van der Waals surface area contributed by atoms with Crippen molar-refractivity contribution in [3.05, 3.63) is 69.1 Å². The van der Waals surface area contributed by atoms with E-state index in [1.165, 1.54) is 23.9 Å². The first kappa shape index (κ1) is 16.2. The van der Waals surface area contributed by atoms with Crippen molar-refractivity contribution >= 4 is 46.0 Å². The molecular weight excluding hydrogens is 348 g/mol. The molecule has 0 spiro atoms. The first-order valence-corrected chi connectivity index (χ1v) is 8.01. The number of hydrogen-bond acceptors (Lipinski definition) is 6. The summed E-state index contributed by atoms with van der Waals surface area (Å²) in [5.74, 6) is 0.417. The number of nitrogens with zero attached hydrogens (tertiary/aromatic N) is 1. The Morgan fingerprint density at radius 1 is 1.17 bits per heavy atom. The second-order valence-electron chi connectivity index (χ2n) is 4.75. The van der Waals surface area contributed by atoms with Crippen LogP contribution in [0.4, 0.5) is 5.69 Å². The number of ether oxygens (including phenoxy) is 1. The van der Waals surface area contributed by atoms with Gasteiger partial charge in [-0.15, -0.1) is 0 Å². The highest BCUT2D eigenvalue weighted by atomic mass is 32.2. The summed E-state index contributed by atoms with van der Waals surface area (Å²) in [6.45, 7) is 0. The predicted molar refractivity (Wildman–Crippen MR) is 95.9 cm³/mol. The van der Waals surface area contributed by atoms with Crippen LogP contribution in [0.2, 0.25) is 0 Å². The lowest BCUT2D eigenvalue weighted by Crippen LogP contribution is -2.17. The normalized spacial score (nSPS) is 15.4. The van der Waals surface area contributed by atoms with Gasteiger partial charge >= 0.3 is 5.69 Å². The fourth-order valence-electron chi connectivity index (χ4n) is 2.03. The molecule has 2 aromatic carbocycles. The van der Waals surface area contributed by atoms with Crippen molar-refractivity contribution in [2.24, 2.45) is 0 Å². The summed E-state index contributed by atoms with van der Waals surface area (Å²) in [5, 5.41) is 13.5. The lowest BCUT2D eigenvalue weighted by Gasteiger charge is -2.06. The van der Waals surface area contributed by atoms with Crippen molar-refractivity contribution in [2.45, 2.75) is 0 Å². The fraction of sp³-hybridized carbons (Fsp3) is 0. The molecule has 1 aliphatic rings. The maximum atomic E-state index is 11.6. The molecule has 1 fully saturated rings. The monoisotopic (exact) mass is 358 g/mol. The number of carbonyl (C=O) groups is 1. The second kappa shape index (κ2) is 6.81. The molecular formula is C16H10N2O4S2. The molecule has 8 heteroatoms. The van der Waals surface area contributed by atoms with Gasteiger partial charge in [0.05, 0.1) is 9.83 Å². The van der Waals surface area contributed by atoms with E-state index in [2.05, 4.69) is 5.32 Å². The number of para-hydroxylation sites is 2. The third-order valence-corrected chi connectivity index (χ3v) is 4.27. The summed E-state index contributed by atoms with van der Waals surface area (Å²) < 4.78 is 6.00. The Bertz CT molecular complexity index is 863. The van der Waals surface area contributed by atoms with Crippen molar-refractivity contribution in [3.8, 4) is 11.5 Å². The van der Waals surface area contributed by atoms with E-state index < -0.39 is 4.92 Å². The van der Waals surface area contributed by atoms with Gasteiger partial charge < -0.3 is 10.1 Å². The number of carbonyl (C=O) groups excluding carboxylic acids is 1. The van der Waals surface area contributed by atoms with Crippen LogP contribution in [-0.4, -0.2) is 15.2 Å². The molecule has 6 nitrogen and oxygen atoms in total. The van der Waals surface area contributed by atoms with Gasteiger partial charge in [0.25, 0.3) is 5.91 Å². The number of thiocarbonyl (C=S) groups is 1. The molecule has 120 valence electrons. The molecule has 0 unspecified atom stereocenters. The zero-order chi connectivity index (χ0) is 17.1. The number of nitrogens with one attached hydrogen (secondary N) is 1. The van der Waals surface area contributed by atoms with Crippen LogP contribution in [0.3, 0.4) is 0 Å². The van der Waals surface area contributed by atoms with Crippen LogP contribution in [0.15, 0.2) is 53.4 Å². The SMILES string of the molecule is O=C1NC(=S)S/C1=C/c1ccc(Oc2ccccc2[N+](=O)[O-])cc1. The number of benzene rings is 2. The van der Waals surface area contributed by atoms with Crippen molar-refractivity contribution in [1.82, 2.24) is 5.32 Å². The highest BCUT2D eigenvalue weighted by Crippen LogP contribution is 2.31. The summed E-state index contributed by atoms with van der Waals surface area (Å²) in [6.07, 6.45) is 1.72. The molecule has 1 saturated heterocycles. The largest absolute Gasteiger partial charge is 0.450 e. The van der Waals surface area contributed by atoms with E-state index in [0.717, 1.165) is 5.56 Å². The highest BCUT2D eigenvalue weighted by Gasteiger charge is 2.21. The van der Waals surface area contributed by atoms with Gasteiger partial charge in [-0.1, -0.05) is 48.2 Å². The van der Waals surface area contributed by atoms with Crippen LogP contribution in [-0.2, 0) is 4.79 Å². The maximum absolute atomic E-state index is 11.6. The molecule has 1 N–H and O–H groups in total. The molecule has 0 radical (unpaired) electrons. The maximum Gasteiger partial charge on any atom is 0.311 e. The lowest BCUT2D eigenvalue weighted by atomic mass is 10.2. The molecule has 24 heavy (non-hydrogen) atoms. The molecule has 0 aromatic heterocycles. The summed E-state index contributed by atoms with van der Waals surface area (Å²) >= 11 is 6.14. The molecule has 1 aliphatic heterocycles. The number of nitro groups is 1. The Morgan fingerprint density at radius 3 is 2.50 bits per heavy atom. The summed E-state index contributed by atoms with van der Waals surface area (Å²) in [4.78, 5) is 22.6. The Hall–Kier alpha value is -2.71. The standard InChI is InChI=1S/C16H10N2O4S2/c19-15-14(24-16(23)17-15)9-10-5-7-11(8-6-10)22-13-4-2-1-3-12(13)18(20)21/h1-9H,(H,17,19,23)/b14-9+. The second-order valence-corrected chi connectivity index (χ2v) is 6.47. The highest BCUT2D eigenvalue weighted by molar-refractivity contribution is 8.26. The van der Waals surface area contributed by atoms with Gasteiger partial charge in [-0.2, -0.15) is 0 Å². The first-order chi connectivity index (χ1) is 11.5. The smallest absolute Gasteiger partial charge is 0.311 e. The Labute approximate surface area is 146 Å². The Balaban J connectivity index is 1.79. The van der Waals surface area contributed by atoms with E-state index in [1.54, 1.807) is 42.5 Å². The zero-order valence-corrected chi connectivity index (χ0v) is 13.7. The molecule has 3 rings (SSSR count). The van der Waals surface area contributed by atoms with Gasteiger partial charge in [0.2, 0.25) is 5.75 Å². The number of hydrogen-bond donors (Lipinski definition) is 1. The molecule has 0 saturated carbocycles. The minimum atomic E-state index is -0.493. The molecule has 0 bridgehead atoms. The summed E-state index contributed by atoms with van der Waals surface area (Å²) in [7, 11) is 0. The van der Waals surface area contributed by atoms with E-state index >= 15 is 0 Å². The fourth-order valence-corrected chi connectivity index (χ4v) is 3.07. The van der Waals surface area contributed by atoms with E-state index in [-0.39, 0.29) is 17.3 Å². The van der Waals surface area contributed by atoms with E-state index in [1.807, 2.05) is 0 Å². The molecule has 1 heterocycles. The Kier molecular flexibility index (Phi) is 4.59. The van der Waals surface area contributed by atoms with Crippen LogP contribution in [0.25, 0.3) is 6.08 Å². The molecule has 2 aromatic rings. The van der Waals surface area contributed by atoms with Gasteiger partial charge in [0.15, 0.2) is 0 Å². The number of rotatable bonds is 4. The topological polar surface area (TPSA) is 81.5 Å². The van der Waals surface area contributed by atoms with E-state index in [4.69, 9.17) is 17.0 Å². The van der Waals surface area contributed by atoms with Crippen molar-refractivity contribution < 1.29 is 14.5 Å². The first-order valence-electron chi connectivity index (χ1n) is 6.79. The average molecular weight is 358 g/mol. The number of amides is 1. The van der Waals surface area contributed by atoms with Gasteiger partial charge in [0.1, 0.15) is 10.1 Å². The van der Waals surface area contributed by atoms with E-state index in [9.17, 15) is 14.9 Å². The summed E-state index contributed by atoms with van der Waals surface area (Å²) in [5.41, 5.74) is 0.698. The quantitative estimate of drug-likeness (QED) is 0.387. The summed E-state index contributed by atoms with van der Waals surface area (Å²) in [6, 6.07) is 13.0.